The van der Waals surface area contributed by atoms with Crippen molar-refractivity contribution in [2.45, 2.75) is 9.39 Å². The standard InChI is InChI=1S/C10H8Cl4O4/c11-5-9(12,13)10(14,8(16)17)18-7-3-1-6(15)2-4-7/h1-4,15H,5H2,(H,16,17). The number of hydrogen-bond donors (Lipinski definition) is 2. The molecule has 0 aliphatic rings. The topological polar surface area (TPSA) is 66.8 Å². The predicted molar refractivity (Wildman–Crippen MR) is 70.1 cm³/mol. The Morgan fingerprint density at radius 3 is 2.11 bits per heavy atom. The molecule has 18 heavy (non-hydrogen) atoms. The molecule has 0 aliphatic heterocycles. The van der Waals surface area contributed by atoms with E-state index in [-0.39, 0.29) is 11.5 Å². The van der Waals surface area contributed by atoms with Gasteiger partial charge in [-0.05, 0) is 24.3 Å². The van der Waals surface area contributed by atoms with E-state index < -0.39 is 21.2 Å². The van der Waals surface area contributed by atoms with Crippen LogP contribution in [0.5, 0.6) is 11.5 Å². The Morgan fingerprint density at radius 2 is 1.72 bits per heavy atom. The molecule has 0 saturated carbocycles. The summed E-state index contributed by atoms with van der Waals surface area (Å²) in [4.78, 5) is 11.2. The predicted octanol–water partition coefficient (Wildman–Crippen LogP) is 3.20. The van der Waals surface area contributed by atoms with Gasteiger partial charge in [0.2, 0.25) is 0 Å². The van der Waals surface area contributed by atoms with E-state index in [1.54, 1.807) is 0 Å². The van der Waals surface area contributed by atoms with Crippen molar-refractivity contribution in [3.8, 4) is 11.5 Å². The third-order valence-corrected chi connectivity index (χ3v) is 4.24. The highest BCUT2D eigenvalue weighted by atomic mass is 35.5. The van der Waals surface area contributed by atoms with Gasteiger partial charge in [-0.25, -0.2) is 4.79 Å². The van der Waals surface area contributed by atoms with E-state index in [4.69, 9.17) is 61.4 Å². The summed E-state index contributed by atoms with van der Waals surface area (Å²) in [5, 5.41) is 15.7. The Balaban J connectivity index is 3.08. The van der Waals surface area contributed by atoms with Gasteiger partial charge < -0.3 is 14.9 Å². The molecule has 1 aromatic carbocycles. The highest BCUT2D eigenvalue weighted by Crippen LogP contribution is 2.42. The lowest BCUT2D eigenvalue weighted by Crippen LogP contribution is -2.54. The molecule has 0 fully saturated rings. The maximum atomic E-state index is 11.2. The Bertz CT molecular complexity index is 434. The molecule has 0 amide bonds. The quantitative estimate of drug-likeness (QED) is 0.812. The van der Waals surface area contributed by atoms with Crippen LogP contribution in [0, 0.1) is 0 Å². The van der Waals surface area contributed by atoms with Gasteiger partial charge in [0.05, 0.1) is 5.88 Å². The van der Waals surface area contributed by atoms with Gasteiger partial charge >= 0.3 is 11.0 Å². The van der Waals surface area contributed by atoms with Crippen LogP contribution in [0.25, 0.3) is 0 Å². The highest BCUT2D eigenvalue weighted by Gasteiger charge is 2.57. The summed E-state index contributed by atoms with van der Waals surface area (Å²) >= 11 is 22.8. The average Bonchev–Trinajstić information content (AvgIpc) is 2.31. The lowest BCUT2D eigenvalue weighted by Gasteiger charge is -2.32. The number of carbonyl (C=O) groups is 1. The van der Waals surface area contributed by atoms with Crippen molar-refractivity contribution in [1.29, 1.82) is 0 Å². The number of alkyl halides is 4. The van der Waals surface area contributed by atoms with E-state index in [1.807, 2.05) is 0 Å². The Hall–Kier alpha value is -0.550. The van der Waals surface area contributed by atoms with Gasteiger partial charge in [-0.15, -0.1) is 11.6 Å². The first-order chi connectivity index (χ1) is 8.23. The molecule has 0 aromatic heterocycles. The molecule has 0 bridgehead atoms. The molecule has 0 heterocycles. The molecule has 1 rings (SSSR count). The number of hydrogen-bond acceptors (Lipinski definition) is 3. The van der Waals surface area contributed by atoms with Gasteiger partial charge in [0.25, 0.3) is 0 Å². The molecule has 1 unspecified atom stereocenters. The van der Waals surface area contributed by atoms with E-state index in [0.717, 1.165) is 0 Å². The fraction of sp³-hybridized carbons (Fsp3) is 0.300. The molecular weight excluding hydrogens is 326 g/mol. The van der Waals surface area contributed by atoms with E-state index in [9.17, 15) is 4.79 Å². The van der Waals surface area contributed by atoms with Crippen molar-refractivity contribution < 1.29 is 19.7 Å². The molecular formula is C10H8Cl4O4. The van der Waals surface area contributed by atoms with Crippen molar-refractivity contribution in [3.63, 3.8) is 0 Å². The van der Waals surface area contributed by atoms with Gasteiger partial charge in [0.1, 0.15) is 11.5 Å². The Kier molecular flexibility index (Phi) is 4.84. The third-order valence-electron chi connectivity index (χ3n) is 2.01. The summed E-state index contributed by atoms with van der Waals surface area (Å²) in [6, 6.07) is 5.21. The second-order valence-corrected chi connectivity index (χ2v) is 5.62. The molecule has 4 nitrogen and oxygen atoms in total. The zero-order valence-electron chi connectivity index (χ0n) is 8.74. The van der Waals surface area contributed by atoms with Gasteiger partial charge in [-0.3, -0.25) is 0 Å². The Labute approximate surface area is 123 Å². The van der Waals surface area contributed by atoms with Crippen molar-refractivity contribution in [3.05, 3.63) is 24.3 Å². The minimum Gasteiger partial charge on any atom is -0.508 e. The van der Waals surface area contributed by atoms with Crippen LogP contribution < -0.4 is 4.74 Å². The first-order valence-corrected chi connectivity index (χ1v) is 6.24. The van der Waals surface area contributed by atoms with Crippen LogP contribution >= 0.6 is 46.4 Å². The Morgan fingerprint density at radius 1 is 1.22 bits per heavy atom. The first-order valence-electron chi connectivity index (χ1n) is 4.57. The van der Waals surface area contributed by atoms with Crippen LogP contribution in [0.3, 0.4) is 0 Å². The number of benzene rings is 1. The third kappa shape index (κ3) is 3.06. The lowest BCUT2D eigenvalue weighted by atomic mass is 10.2. The summed E-state index contributed by atoms with van der Waals surface area (Å²) in [7, 11) is 0. The molecule has 100 valence electrons. The number of phenolic OH excluding ortho intramolecular Hbond substituents is 1. The van der Waals surface area contributed by atoms with Crippen LogP contribution in [0.4, 0.5) is 0 Å². The van der Waals surface area contributed by atoms with Crippen LogP contribution in [0.1, 0.15) is 0 Å². The minimum atomic E-state index is -2.45. The van der Waals surface area contributed by atoms with Crippen molar-refractivity contribution in [2.75, 3.05) is 5.88 Å². The van der Waals surface area contributed by atoms with E-state index in [0.29, 0.717) is 0 Å². The number of rotatable bonds is 5. The molecule has 1 atom stereocenters. The number of aromatic hydroxyl groups is 1. The van der Waals surface area contributed by atoms with Crippen LogP contribution in [0.2, 0.25) is 0 Å². The molecule has 0 spiro atoms. The monoisotopic (exact) mass is 332 g/mol. The number of ether oxygens (including phenoxy) is 1. The second-order valence-electron chi connectivity index (χ2n) is 3.33. The van der Waals surface area contributed by atoms with Crippen molar-refractivity contribution >= 4 is 52.4 Å². The van der Waals surface area contributed by atoms with Crippen molar-refractivity contribution in [1.82, 2.24) is 0 Å². The van der Waals surface area contributed by atoms with Gasteiger partial charge in [0.15, 0.2) is 4.33 Å². The van der Waals surface area contributed by atoms with E-state index in [1.165, 1.54) is 24.3 Å². The zero-order valence-corrected chi connectivity index (χ0v) is 11.8. The number of phenols is 1. The molecule has 0 saturated heterocycles. The normalized spacial score (nSPS) is 14.9. The number of aliphatic carboxylic acids is 1. The summed E-state index contributed by atoms with van der Waals surface area (Å²) in [6.45, 7) is 0. The van der Waals surface area contributed by atoms with Gasteiger partial charge in [-0.2, -0.15) is 0 Å². The van der Waals surface area contributed by atoms with Crippen LogP contribution in [-0.2, 0) is 4.79 Å². The van der Waals surface area contributed by atoms with Gasteiger partial charge in [0, 0.05) is 0 Å². The van der Waals surface area contributed by atoms with Crippen LogP contribution in [-0.4, -0.2) is 31.5 Å². The second kappa shape index (κ2) is 5.61. The highest BCUT2D eigenvalue weighted by molar-refractivity contribution is 6.58. The maximum Gasteiger partial charge on any atom is 0.367 e. The molecule has 2 N–H and O–H groups in total. The molecule has 1 aromatic rings. The minimum absolute atomic E-state index is 0.0156. The summed E-state index contributed by atoms with van der Waals surface area (Å²) in [5.74, 6) is -1.98. The van der Waals surface area contributed by atoms with E-state index >= 15 is 0 Å². The number of halogens is 4. The SMILES string of the molecule is O=C(O)C(Cl)(Oc1ccc(O)cc1)C(Cl)(Cl)CCl. The zero-order chi connectivity index (χ0) is 14.0. The smallest absolute Gasteiger partial charge is 0.367 e. The number of carboxylic acid groups (broad SMARTS) is 1. The summed E-state index contributed by atoms with van der Waals surface area (Å²) in [6.07, 6.45) is 0. The maximum absolute atomic E-state index is 11.2. The number of carboxylic acids is 1. The summed E-state index contributed by atoms with van der Waals surface area (Å²) < 4.78 is 3.04. The largest absolute Gasteiger partial charge is 0.508 e. The average molecular weight is 334 g/mol. The molecule has 0 radical (unpaired) electrons. The lowest BCUT2D eigenvalue weighted by molar-refractivity contribution is -0.148. The molecule has 8 heteroatoms. The van der Waals surface area contributed by atoms with Crippen molar-refractivity contribution in [2.24, 2.45) is 0 Å². The van der Waals surface area contributed by atoms with Gasteiger partial charge in [-0.1, -0.05) is 34.8 Å². The van der Waals surface area contributed by atoms with E-state index in [2.05, 4.69) is 0 Å². The fourth-order valence-corrected chi connectivity index (χ4v) is 1.69. The fourth-order valence-electron chi connectivity index (χ4n) is 1.04. The first kappa shape index (κ1) is 15.5. The summed E-state index contributed by atoms with van der Waals surface area (Å²) in [5.41, 5.74) is 0. The van der Waals surface area contributed by atoms with Crippen LogP contribution in [0.15, 0.2) is 24.3 Å². The molecule has 0 aliphatic carbocycles.